The number of hydrogen-bond acceptors (Lipinski definition) is 2. The summed E-state index contributed by atoms with van der Waals surface area (Å²) in [5.41, 5.74) is -0.155. The third-order valence-electron chi connectivity index (χ3n) is 3.07. The molecule has 1 aromatic rings. The lowest BCUT2D eigenvalue weighted by atomic mass is 9.97. The van der Waals surface area contributed by atoms with E-state index in [0.717, 1.165) is 25.9 Å². The Morgan fingerprint density at radius 1 is 1.60 bits per heavy atom. The Morgan fingerprint density at radius 3 is 2.93 bits per heavy atom. The number of hydrogen-bond donors (Lipinski definition) is 0. The molecule has 2 atom stereocenters. The second-order valence-electron chi connectivity index (χ2n) is 4.28. The van der Waals surface area contributed by atoms with E-state index in [9.17, 15) is 0 Å². The second kappa shape index (κ2) is 4.44. The molecule has 0 saturated carbocycles. The van der Waals surface area contributed by atoms with E-state index in [1.54, 1.807) is 0 Å². The lowest BCUT2D eigenvalue weighted by Gasteiger charge is -2.27. The van der Waals surface area contributed by atoms with Crippen LogP contribution in [0.25, 0.3) is 0 Å². The molecule has 0 N–H and O–H groups in total. The molecule has 0 bridgehead atoms. The van der Waals surface area contributed by atoms with E-state index in [0.29, 0.717) is 0 Å². The number of alkyl halides is 1. The first-order chi connectivity index (χ1) is 7.15. The molecule has 0 radical (unpaired) electrons. The molecule has 1 saturated heterocycles. The van der Waals surface area contributed by atoms with Gasteiger partial charge < -0.3 is 4.74 Å². The summed E-state index contributed by atoms with van der Waals surface area (Å²) >= 11 is 8.32. The van der Waals surface area contributed by atoms with E-state index in [2.05, 4.69) is 26.0 Å². The number of rotatable bonds is 3. The fourth-order valence-corrected chi connectivity index (χ4v) is 3.47. The first-order valence-corrected chi connectivity index (χ1v) is 6.77. The summed E-state index contributed by atoms with van der Waals surface area (Å²) in [6.45, 7) is 5.15. The fraction of sp³-hybridized carbons (Fsp3) is 0.667. The van der Waals surface area contributed by atoms with Gasteiger partial charge in [0.15, 0.2) is 0 Å². The molecule has 84 valence electrons. The molecule has 1 aromatic heterocycles. The SMILES string of the molecule is CCc1ccc(C(Cl)C2(C)CCCO2)s1. The highest BCUT2D eigenvalue weighted by Crippen LogP contribution is 2.43. The van der Waals surface area contributed by atoms with Gasteiger partial charge in [-0.25, -0.2) is 0 Å². The van der Waals surface area contributed by atoms with Crippen LogP contribution in [-0.4, -0.2) is 12.2 Å². The third kappa shape index (κ3) is 2.22. The van der Waals surface area contributed by atoms with E-state index in [1.807, 2.05) is 11.3 Å². The summed E-state index contributed by atoms with van der Waals surface area (Å²) in [4.78, 5) is 2.65. The average Bonchev–Trinajstić information content (AvgIpc) is 2.85. The van der Waals surface area contributed by atoms with Crippen LogP contribution in [-0.2, 0) is 11.2 Å². The van der Waals surface area contributed by atoms with Gasteiger partial charge in [0.05, 0.1) is 11.0 Å². The second-order valence-corrected chi connectivity index (χ2v) is 5.92. The molecule has 2 unspecified atom stereocenters. The minimum absolute atomic E-state index is 0.00491. The van der Waals surface area contributed by atoms with E-state index in [1.165, 1.54) is 9.75 Å². The predicted octanol–water partition coefficient (Wildman–Crippen LogP) is 4.16. The van der Waals surface area contributed by atoms with Gasteiger partial charge in [0.1, 0.15) is 0 Å². The van der Waals surface area contributed by atoms with Crippen molar-refractivity contribution in [2.45, 2.75) is 44.1 Å². The zero-order valence-electron chi connectivity index (χ0n) is 9.25. The molecule has 15 heavy (non-hydrogen) atoms. The first kappa shape index (κ1) is 11.4. The number of thiophene rings is 1. The highest BCUT2D eigenvalue weighted by atomic mass is 35.5. The number of aryl methyl sites for hydroxylation is 1. The van der Waals surface area contributed by atoms with Gasteiger partial charge >= 0.3 is 0 Å². The fourth-order valence-electron chi connectivity index (χ4n) is 2.02. The van der Waals surface area contributed by atoms with Gasteiger partial charge in [-0.3, -0.25) is 0 Å². The van der Waals surface area contributed by atoms with Crippen molar-refractivity contribution in [1.82, 2.24) is 0 Å². The molecule has 1 aliphatic rings. The molecule has 2 heterocycles. The van der Waals surface area contributed by atoms with Crippen LogP contribution in [0.2, 0.25) is 0 Å². The molecule has 3 heteroatoms. The minimum Gasteiger partial charge on any atom is -0.373 e. The van der Waals surface area contributed by atoms with Crippen LogP contribution >= 0.6 is 22.9 Å². The van der Waals surface area contributed by atoms with Crippen molar-refractivity contribution in [2.24, 2.45) is 0 Å². The Balaban J connectivity index is 2.15. The van der Waals surface area contributed by atoms with Gasteiger partial charge in [-0.2, -0.15) is 0 Å². The Morgan fingerprint density at radius 2 is 2.40 bits per heavy atom. The van der Waals surface area contributed by atoms with Gasteiger partial charge in [-0.15, -0.1) is 22.9 Å². The van der Waals surface area contributed by atoms with Crippen LogP contribution in [0.3, 0.4) is 0 Å². The molecule has 0 spiro atoms. The van der Waals surface area contributed by atoms with Crippen LogP contribution in [0.15, 0.2) is 12.1 Å². The van der Waals surface area contributed by atoms with E-state index >= 15 is 0 Å². The minimum atomic E-state index is -0.155. The lowest BCUT2D eigenvalue weighted by molar-refractivity contribution is 0.0171. The molecule has 1 nitrogen and oxygen atoms in total. The normalized spacial score (nSPS) is 28.2. The van der Waals surface area contributed by atoms with Crippen molar-refractivity contribution in [3.05, 3.63) is 21.9 Å². The molecular formula is C12H17ClOS. The van der Waals surface area contributed by atoms with Crippen LogP contribution in [0.4, 0.5) is 0 Å². The zero-order chi connectivity index (χ0) is 10.9. The Labute approximate surface area is 100 Å². The van der Waals surface area contributed by atoms with Crippen LogP contribution in [0, 0.1) is 0 Å². The topological polar surface area (TPSA) is 9.23 Å². The summed E-state index contributed by atoms with van der Waals surface area (Å²) in [5, 5.41) is 0.00491. The lowest BCUT2D eigenvalue weighted by Crippen LogP contribution is -2.28. The van der Waals surface area contributed by atoms with Crippen molar-refractivity contribution in [3.8, 4) is 0 Å². The summed E-state index contributed by atoms with van der Waals surface area (Å²) < 4.78 is 5.77. The average molecular weight is 245 g/mol. The predicted molar refractivity (Wildman–Crippen MR) is 65.9 cm³/mol. The van der Waals surface area contributed by atoms with E-state index in [-0.39, 0.29) is 11.0 Å². The van der Waals surface area contributed by atoms with Gasteiger partial charge in [0.25, 0.3) is 0 Å². The standard InChI is InChI=1S/C12H17ClOS/c1-3-9-5-6-10(15-9)11(13)12(2)7-4-8-14-12/h5-6,11H,3-4,7-8H2,1-2H3. The van der Waals surface area contributed by atoms with Gasteiger partial charge in [0.2, 0.25) is 0 Å². The smallest absolute Gasteiger partial charge is 0.0965 e. The Hall–Kier alpha value is -0.0500. The Kier molecular flexibility index (Phi) is 3.39. The quantitative estimate of drug-likeness (QED) is 0.726. The summed E-state index contributed by atoms with van der Waals surface area (Å²) in [6, 6.07) is 4.32. The van der Waals surface area contributed by atoms with Crippen LogP contribution in [0.1, 0.15) is 41.8 Å². The van der Waals surface area contributed by atoms with E-state index in [4.69, 9.17) is 16.3 Å². The van der Waals surface area contributed by atoms with Crippen molar-refractivity contribution < 1.29 is 4.74 Å². The summed E-state index contributed by atoms with van der Waals surface area (Å²) in [6.07, 6.45) is 3.29. The first-order valence-electron chi connectivity index (χ1n) is 5.52. The van der Waals surface area contributed by atoms with Crippen molar-refractivity contribution in [3.63, 3.8) is 0 Å². The van der Waals surface area contributed by atoms with Crippen LogP contribution in [0.5, 0.6) is 0 Å². The molecule has 2 rings (SSSR count). The zero-order valence-corrected chi connectivity index (χ0v) is 10.8. The summed E-state index contributed by atoms with van der Waals surface area (Å²) in [5.74, 6) is 0. The molecule has 1 aliphatic heterocycles. The van der Waals surface area contributed by atoms with Crippen molar-refractivity contribution in [2.75, 3.05) is 6.61 Å². The van der Waals surface area contributed by atoms with Gasteiger partial charge in [-0.05, 0) is 38.3 Å². The Bertz CT molecular complexity index is 328. The maximum absolute atomic E-state index is 6.51. The highest BCUT2D eigenvalue weighted by molar-refractivity contribution is 7.12. The third-order valence-corrected chi connectivity index (χ3v) is 5.19. The monoisotopic (exact) mass is 244 g/mol. The molecule has 0 aromatic carbocycles. The molecule has 0 amide bonds. The maximum Gasteiger partial charge on any atom is 0.0965 e. The van der Waals surface area contributed by atoms with Gasteiger partial charge in [-0.1, -0.05) is 6.92 Å². The highest BCUT2D eigenvalue weighted by Gasteiger charge is 2.38. The van der Waals surface area contributed by atoms with E-state index < -0.39 is 0 Å². The maximum atomic E-state index is 6.51. The van der Waals surface area contributed by atoms with Gasteiger partial charge in [0, 0.05) is 16.4 Å². The molecule has 1 fully saturated rings. The van der Waals surface area contributed by atoms with Crippen molar-refractivity contribution >= 4 is 22.9 Å². The number of halogens is 1. The summed E-state index contributed by atoms with van der Waals surface area (Å²) in [7, 11) is 0. The number of ether oxygens (including phenoxy) is 1. The largest absolute Gasteiger partial charge is 0.373 e. The molecule has 0 aliphatic carbocycles. The van der Waals surface area contributed by atoms with Crippen LogP contribution < -0.4 is 0 Å². The van der Waals surface area contributed by atoms with Crippen molar-refractivity contribution in [1.29, 1.82) is 0 Å². The molecular weight excluding hydrogens is 228 g/mol.